The molecule has 1 aliphatic heterocycles. The van der Waals surface area contributed by atoms with Crippen molar-refractivity contribution >= 4 is 17.7 Å². The molecule has 0 aromatic heterocycles. The van der Waals surface area contributed by atoms with Gasteiger partial charge in [0.15, 0.2) is 0 Å². The van der Waals surface area contributed by atoms with E-state index in [1.807, 2.05) is 0 Å². The second-order valence-electron chi connectivity index (χ2n) is 7.37. The fourth-order valence-electron chi connectivity index (χ4n) is 3.35. The number of aliphatic carboxylic acids is 1. The summed E-state index contributed by atoms with van der Waals surface area (Å²) in [6, 6.07) is 0. The molecule has 1 heterocycles. The van der Waals surface area contributed by atoms with Gasteiger partial charge in [-0.05, 0) is 20.8 Å². The SMILES string of the molecule is CC(=N)NCC(=O)N[C@]1(C)[C@H](O)C(C)C(O)(C(=O)O)OC1(C)C(O)C(O)CO. The Balaban J connectivity index is 3.44. The highest BCUT2D eigenvalue weighted by Gasteiger charge is 2.69. The van der Waals surface area contributed by atoms with Crippen LogP contribution in [0.15, 0.2) is 0 Å². The van der Waals surface area contributed by atoms with E-state index in [0.717, 1.165) is 6.92 Å². The van der Waals surface area contributed by atoms with E-state index in [2.05, 4.69) is 10.6 Å². The third-order valence-electron chi connectivity index (χ3n) is 5.42. The number of carboxylic acid groups (broad SMARTS) is 1. The van der Waals surface area contributed by atoms with Crippen LogP contribution in [0.5, 0.6) is 0 Å². The number of aliphatic hydroxyl groups excluding tert-OH is 4. The highest BCUT2D eigenvalue weighted by atomic mass is 16.7. The molecule has 1 rings (SSSR count). The molecule has 12 nitrogen and oxygen atoms in total. The Bertz CT molecular complexity index is 632. The number of hydrogen-bond donors (Lipinski definition) is 9. The van der Waals surface area contributed by atoms with Crippen molar-refractivity contribution in [3.8, 4) is 0 Å². The number of hydrogen-bond acceptors (Lipinski definition) is 9. The van der Waals surface area contributed by atoms with Crippen LogP contribution in [0.1, 0.15) is 27.7 Å². The molecule has 5 unspecified atom stereocenters. The number of amidine groups is 1. The number of carbonyl (C=O) groups is 2. The number of carbonyl (C=O) groups excluding carboxylic acids is 1. The van der Waals surface area contributed by atoms with Crippen LogP contribution in [-0.2, 0) is 14.3 Å². The van der Waals surface area contributed by atoms with Gasteiger partial charge in [-0.3, -0.25) is 10.2 Å². The summed E-state index contributed by atoms with van der Waals surface area (Å²) in [5.74, 6) is -6.99. The van der Waals surface area contributed by atoms with E-state index in [-0.39, 0.29) is 12.4 Å². The summed E-state index contributed by atoms with van der Waals surface area (Å²) in [6.45, 7) is 3.61. The van der Waals surface area contributed by atoms with Crippen LogP contribution < -0.4 is 10.6 Å². The molecule has 1 amide bonds. The van der Waals surface area contributed by atoms with Gasteiger partial charge in [-0.25, -0.2) is 4.79 Å². The molecule has 9 N–H and O–H groups in total. The summed E-state index contributed by atoms with van der Waals surface area (Å²) in [6.07, 6.45) is -5.59. The molecule has 28 heavy (non-hydrogen) atoms. The van der Waals surface area contributed by atoms with Crippen LogP contribution in [0.3, 0.4) is 0 Å². The van der Waals surface area contributed by atoms with Crippen molar-refractivity contribution in [3.63, 3.8) is 0 Å². The number of nitrogens with one attached hydrogen (secondary N) is 3. The first kappa shape index (κ1) is 24.2. The van der Waals surface area contributed by atoms with Gasteiger partial charge in [0, 0.05) is 0 Å². The van der Waals surface area contributed by atoms with Crippen molar-refractivity contribution in [2.45, 2.75) is 62.9 Å². The number of carboxylic acids is 1. The van der Waals surface area contributed by atoms with Gasteiger partial charge in [0.1, 0.15) is 17.8 Å². The first-order chi connectivity index (χ1) is 12.7. The predicted octanol–water partition coefficient (Wildman–Crippen LogP) is -3.28. The monoisotopic (exact) mass is 407 g/mol. The van der Waals surface area contributed by atoms with Crippen LogP contribution in [0.25, 0.3) is 0 Å². The summed E-state index contributed by atoms with van der Waals surface area (Å²) in [5.41, 5.74) is -4.15. The lowest BCUT2D eigenvalue weighted by Crippen LogP contribution is -2.82. The maximum Gasteiger partial charge on any atom is 0.364 e. The molecule has 1 aliphatic rings. The Hall–Kier alpha value is -1.83. The molecule has 1 fully saturated rings. The second-order valence-corrected chi connectivity index (χ2v) is 7.37. The molecule has 12 heteroatoms. The topological polar surface area (TPSA) is 213 Å². The minimum absolute atomic E-state index is 0.00661. The van der Waals surface area contributed by atoms with Gasteiger partial charge in [0.05, 0.1) is 36.5 Å². The van der Waals surface area contributed by atoms with Gasteiger partial charge in [0.25, 0.3) is 5.79 Å². The Kier molecular flexibility index (Phi) is 7.15. The van der Waals surface area contributed by atoms with E-state index >= 15 is 0 Å². The zero-order valence-electron chi connectivity index (χ0n) is 16.1. The smallest absolute Gasteiger partial charge is 0.364 e. The Morgan fingerprint density at radius 2 is 1.82 bits per heavy atom. The lowest BCUT2D eigenvalue weighted by Gasteiger charge is -2.59. The molecule has 0 saturated carbocycles. The third kappa shape index (κ3) is 3.97. The van der Waals surface area contributed by atoms with E-state index in [0.29, 0.717) is 0 Å². The summed E-state index contributed by atoms with van der Waals surface area (Å²) < 4.78 is 5.33. The Morgan fingerprint density at radius 3 is 2.25 bits per heavy atom. The van der Waals surface area contributed by atoms with Gasteiger partial charge >= 0.3 is 5.97 Å². The number of amides is 1. The molecule has 0 aliphatic carbocycles. The minimum Gasteiger partial charge on any atom is -0.477 e. The first-order valence-electron chi connectivity index (χ1n) is 8.58. The molecular weight excluding hydrogens is 378 g/mol. The first-order valence-corrected chi connectivity index (χ1v) is 8.58. The van der Waals surface area contributed by atoms with Crippen molar-refractivity contribution in [1.29, 1.82) is 5.41 Å². The van der Waals surface area contributed by atoms with Crippen LogP contribution in [0.2, 0.25) is 0 Å². The lowest BCUT2D eigenvalue weighted by atomic mass is 9.65. The van der Waals surface area contributed by atoms with E-state index in [4.69, 9.17) is 10.1 Å². The van der Waals surface area contributed by atoms with Gasteiger partial charge in [0.2, 0.25) is 5.91 Å². The molecule has 162 valence electrons. The highest BCUT2D eigenvalue weighted by Crippen LogP contribution is 2.47. The van der Waals surface area contributed by atoms with E-state index in [1.165, 1.54) is 20.8 Å². The second kappa shape index (κ2) is 8.27. The van der Waals surface area contributed by atoms with Crippen molar-refractivity contribution in [2.24, 2.45) is 5.92 Å². The summed E-state index contributed by atoms with van der Waals surface area (Å²) in [4.78, 5) is 23.9. The van der Waals surface area contributed by atoms with Gasteiger partial charge < -0.3 is 46.0 Å². The quantitative estimate of drug-likeness (QED) is 0.152. The van der Waals surface area contributed by atoms with Crippen molar-refractivity contribution in [2.75, 3.05) is 13.2 Å². The molecule has 0 aromatic carbocycles. The summed E-state index contributed by atoms with van der Waals surface area (Å²) in [7, 11) is 0. The average molecular weight is 407 g/mol. The maximum absolute atomic E-state index is 12.3. The summed E-state index contributed by atoms with van der Waals surface area (Å²) >= 11 is 0. The zero-order chi connectivity index (χ0) is 22.1. The standard InChI is InChI=1S/C16H29N3O9/c1-7-11(23)14(3,19-10(22)5-18-8(2)17)15(4,12(24)9(21)6-20)28-16(7,27)13(25)26/h7,9,11-12,20-21,23-24,27H,5-6H2,1-4H3,(H2,17,18)(H,19,22)(H,25,26)/t7?,9?,11-,12?,14-,15?,16?/m1/s1. The fraction of sp³-hybridized carbons (Fsp3) is 0.812. The number of rotatable bonds is 7. The Morgan fingerprint density at radius 1 is 1.29 bits per heavy atom. The molecular formula is C16H29N3O9. The Labute approximate surface area is 161 Å². The molecule has 0 spiro atoms. The molecule has 0 radical (unpaired) electrons. The minimum atomic E-state index is -2.95. The van der Waals surface area contributed by atoms with Crippen LogP contribution >= 0.6 is 0 Å². The van der Waals surface area contributed by atoms with Crippen molar-refractivity contribution in [1.82, 2.24) is 10.6 Å². The number of ether oxygens (including phenoxy) is 1. The van der Waals surface area contributed by atoms with Crippen LogP contribution in [0, 0.1) is 11.3 Å². The van der Waals surface area contributed by atoms with E-state index in [1.54, 1.807) is 0 Å². The third-order valence-corrected chi connectivity index (χ3v) is 5.42. The lowest BCUT2D eigenvalue weighted by molar-refractivity contribution is -0.365. The molecule has 0 bridgehead atoms. The largest absolute Gasteiger partial charge is 0.477 e. The van der Waals surface area contributed by atoms with Crippen LogP contribution in [0.4, 0.5) is 0 Å². The van der Waals surface area contributed by atoms with Gasteiger partial charge in [-0.2, -0.15) is 0 Å². The maximum atomic E-state index is 12.3. The molecule has 7 atom stereocenters. The zero-order valence-corrected chi connectivity index (χ0v) is 16.1. The number of aliphatic hydroxyl groups is 5. The van der Waals surface area contributed by atoms with E-state index < -0.39 is 59.6 Å². The van der Waals surface area contributed by atoms with Gasteiger partial charge in [-0.1, -0.05) is 6.92 Å². The summed E-state index contributed by atoms with van der Waals surface area (Å²) in [5, 5.41) is 72.5. The van der Waals surface area contributed by atoms with Crippen molar-refractivity contribution < 1.29 is 45.0 Å². The van der Waals surface area contributed by atoms with Crippen molar-refractivity contribution in [3.05, 3.63) is 0 Å². The fourth-order valence-corrected chi connectivity index (χ4v) is 3.35. The van der Waals surface area contributed by atoms with Gasteiger partial charge in [-0.15, -0.1) is 0 Å². The normalized spacial score (nSPS) is 37.6. The molecule has 0 aromatic rings. The van der Waals surface area contributed by atoms with Crippen LogP contribution in [-0.4, -0.2) is 96.7 Å². The van der Waals surface area contributed by atoms with E-state index in [9.17, 15) is 40.2 Å². The highest BCUT2D eigenvalue weighted by molar-refractivity contribution is 5.85. The average Bonchev–Trinajstić information content (AvgIpc) is 2.61. The predicted molar refractivity (Wildman–Crippen MR) is 94.3 cm³/mol. The molecule has 1 saturated heterocycles.